The number of halogens is 1. The molecule has 1 aromatic rings. The third-order valence-corrected chi connectivity index (χ3v) is 3.28. The first kappa shape index (κ1) is 13.7. The smallest absolute Gasteiger partial charge is 0.339 e. The second-order valence-corrected chi connectivity index (χ2v) is 4.94. The van der Waals surface area contributed by atoms with Crippen LogP contribution in [0.4, 0.5) is 5.69 Å². The summed E-state index contributed by atoms with van der Waals surface area (Å²) in [7, 11) is 1.37. The van der Waals surface area contributed by atoms with Crippen molar-refractivity contribution in [3.05, 3.63) is 22.7 Å². The van der Waals surface area contributed by atoms with Gasteiger partial charge in [0.05, 0.1) is 17.8 Å². The lowest BCUT2D eigenvalue weighted by atomic mass is 10.1. The zero-order valence-corrected chi connectivity index (χ0v) is 11.2. The molecule has 0 unspecified atom stereocenters. The lowest BCUT2D eigenvalue weighted by molar-refractivity contribution is -0.116. The minimum Gasteiger partial charge on any atom is -0.496 e. The molecule has 1 saturated carbocycles. The second-order valence-electron chi connectivity index (χ2n) is 4.53. The summed E-state index contributed by atoms with van der Waals surface area (Å²) in [6.07, 6.45) is 2.64. The van der Waals surface area contributed by atoms with Gasteiger partial charge in [0.2, 0.25) is 5.91 Å². The van der Waals surface area contributed by atoms with Gasteiger partial charge >= 0.3 is 5.97 Å². The average Bonchev–Trinajstić information content (AvgIpc) is 3.14. The van der Waals surface area contributed by atoms with E-state index in [-0.39, 0.29) is 22.2 Å². The van der Waals surface area contributed by atoms with E-state index in [2.05, 4.69) is 5.32 Å². The van der Waals surface area contributed by atoms with Crippen LogP contribution in [0.25, 0.3) is 0 Å². The molecule has 1 aromatic carbocycles. The van der Waals surface area contributed by atoms with Crippen LogP contribution in [0, 0.1) is 5.92 Å². The number of ether oxygens (including phenoxy) is 1. The molecule has 1 aliphatic carbocycles. The fourth-order valence-electron chi connectivity index (χ4n) is 1.77. The van der Waals surface area contributed by atoms with Gasteiger partial charge in [-0.2, -0.15) is 0 Å². The van der Waals surface area contributed by atoms with Crippen LogP contribution >= 0.6 is 11.6 Å². The number of aromatic carboxylic acids is 1. The zero-order chi connectivity index (χ0) is 14.0. The minimum absolute atomic E-state index is 0.0345. The third kappa shape index (κ3) is 3.38. The fourth-order valence-corrected chi connectivity index (χ4v) is 1.98. The van der Waals surface area contributed by atoms with E-state index in [1.807, 2.05) is 0 Å². The Kier molecular flexibility index (Phi) is 3.95. The van der Waals surface area contributed by atoms with Crippen molar-refractivity contribution in [2.45, 2.75) is 19.3 Å². The summed E-state index contributed by atoms with van der Waals surface area (Å²) in [5.41, 5.74) is 0.335. The van der Waals surface area contributed by atoms with Gasteiger partial charge in [0.1, 0.15) is 11.3 Å². The predicted octanol–water partition coefficient (Wildman–Crippen LogP) is 2.79. The molecular weight excluding hydrogens is 270 g/mol. The van der Waals surface area contributed by atoms with Gasteiger partial charge in [0.15, 0.2) is 0 Å². The lowest BCUT2D eigenvalue weighted by Crippen LogP contribution is -2.13. The number of hydrogen-bond donors (Lipinski definition) is 2. The normalized spacial score (nSPS) is 14.0. The van der Waals surface area contributed by atoms with Crippen LogP contribution in [-0.2, 0) is 4.79 Å². The molecule has 19 heavy (non-hydrogen) atoms. The Morgan fingerprint density at radius 2 is 2.16 bits per heavy atom. The molecule has 0 saturated heterocycles. The van der Waals surface area contributed by atoms with Crippen molar-refractivity contribution >= 4 is 29.2 Å². The van der Waals surface area contributed by atoms with E-state index in [9.17, 15) is 9.59 Å². The van der Waals surface area contributed by atoms with Crippen LogP contribution in [-0.4, -0.2) is 24.1 Å². The monoisotopic (exact) mass is 283 g/mol. The van der Waals surface area contributed by atoms with E-state index in [1.54, 1.807) is 0 Å². The Balaban J connectivity index is 2.19. The third-order valence-electron chi connectivity index (χ3n) is 2.96. The summed E-state index contributed by atoms with van der Waals surface area (Å²) in [5.74, 6) is -0.610. The van der Waals surface area contributed by atoms with E-state index < -0.39 is 5.97 Å². The molecule has 0 atom stereocenters. The van der Waals surface area contributed by atoms with Gasteiger partial charge in [-0.05, 0) is 24.8 Å². The Morgan fingerprint density at radius 1 is 1.47 bits per heavy atom. The molecule has 0 spiro atoms. The number of rotatable bonds is 5. The quantitative estimate of drug-likeness (QED) is 0.871. The van der Waals surface area contributed by atoms with Gasteiger partial charge in [-0.15, -0.1) is 0 Å². The maximum Gasteiger partial charge on any atom is 0.339 e. The highest BCUT2D eigenvalue weighted by Gasteiger charge is 2.25. The van der Waals surface area contributed by atoms with E-state index >= 15 is 0 Å². The zero-order valence-electron chi connectivity index (χ0n) is 10.4. The van der Waals surface area contributed by atoms with Crippen LogP contribution in [0.2, 0.25) is 5.02 Å². The summed E-state index contributed by atoms with van der Waals surface area (Å²) < 4.78 is 4.99. The molecule has 1 aliphatic rings. The largest absolute Gasteiger partial charge is 0.496 e. The van der Waals surface area contributed by atoms with Crippen LogP contribution in [0.5, 0.6) is 5.75 Å². The van der Waals surface area contributed by atoms with Gasteiger partial charge in [0, 0.05) is 12.5 Å². The van der Waals surface area contributed by atoms with Crippen molar-refractivity contribution in [1.82, 2.24) is 0 Å². The van der Waals surface area contributed by atoms with Crippen LogP contribution < -0.4 is 10.1 Å². The number of hydrogen-bond acceptors (Lipinski definition) is 3. The molecule has 1 amide bonds. The molecule has 0 aliphatic heterocycles. The molecule has 0 heterocycles. The summed E-state index contributed by atoms with van der Waals surface area (Å²) in [5, 5.41) is 11.9. The summed E-state index contributed by atoms with van der Waals surface area (Å²) in [6.45, 7) is 0. The highest BCUT2D eigenvalue weighted by atomic mass is 35.5. The highest BCUT2D eigenvalue weighted by molar-refractivity contribution is 6.34. The van der Waals surface area contributed by atoms with Crippen molar-refractivity contribution in [2.75, 3.05) is 12.4 Å². The Labute approximate surface area is 115 Å². The molecule has 1 fully saturated rings. The highest BCUT2D eigenvalue weighted by Crippen LogP contribution is 2.34. The first-order chi connectivity index (χ1) is 9.01. The van der Waals surface area contributed by atoms with Crippen LogP contribution in [0.3, 0.4) is 0 Å². The summed E-state index contributed by atoms with van der Waals surface area (Å²) >= 11 is 5.97. The first-order valence-corrected chi connectivity index (χ1v) is 6.29. The number of benzene rings is 1. The number of anilines is 1. The van der Waals surface area contributed by atoms with E-state index in [1.165, 1.54) is 19.2 Å². The summed E-state index contributed by atoms with van der Waals surface area (Å²) in [4.78, 5) is 22.7. The second kappa shape index (κ2) is 5.48. The molecule has 2 N–H and O–H groups in total. The number of nitrogens with one attached hydrogen (secondary N) is 1. The van der Waals surface area contributed by atoms with E-state index in [0.717, 1.165) is 12.8 Å². The number of amides is 1. The maximum absolute atomic E-state index is 11.7. The molecule has 0 bridgehead atoms. The molecule has 2 rings (SSSR count). The number of carboxylic acids is 1. The molecule has 0 aromatic heterocycles. The fraction of sp³-hybridized carbons (Fsp3) is 0.385. The Bertz CT molecular complexity index is 526. The average molecular weight is 284 g/mol. The van der Waals surface area contributed by atoms with Crippen LogP contribution in [0.1, 0.15) is 29.6 Å². The van der Waals surface area contributed by atoms with E-state index in [0.29, 0.717) is 18.0 Å². The SMILES string of the molecule is COc1cc(NC(=O)CC2CC2)c(Cl)cc1C(=O)O. The van der Waals surface area contributed by atoms with Gasteiger partial charge in [-0.25, -0.2) is 4.79 Å². The molecule has 0 radical (unpaired) electrons. The Hall–Kier alpha value is -1.75. The topological polar surface area (TPSA) is 75.6 Å². The number of carbonyl (C=O) groups excluding carboxylic acids is 1. The molecule has 6 heteroatoms. The van der Waals surface area contributed by atoms with Crippen molar-refractivity contribution in [3.63, 3.8) is 0 Å². The van der Waals surface area contributed by atoms with Crippen molar-refractivity contribution in [1.29, 1.82) is 0 Å². The predicted molar refractivity (Wildman–Crippen MR) is 70.9 cm³/mol. The molecule has 102 valence electrons. The van der Waals surface area contributed by atoms with Gasteiger partial charge in [-0.1, -0.05) is 11.6 Å². The first-order valence-electron chi connectivity index (χ1n) is 5.92. The molecular formula is C13H14ClNO4. The lowest BCUT2D eigenvalue weighted by Gasteiger charge is -2.11. The van der Waals surface area contributed by atoms with Crippen molar-refractivity contribution in [3.8, 4) is 5.75 Å². The minimum atomic E-state index is -1.13. The van der Waals surface area contributed by atoms with Crippen molar-refractivity contribution < 1.29 is 19.4 Å². The maximum atomic E-state index is 11.7. The standard InChI is InChI=1S/C13H14ClNO4/c1-19-11-6-10(9(14)5-8(11)13(17)18)15-12(16)4-7-2-3-7/h5-7H,2-4H2,1H3,(H,15,16)(H,17,18). The number of methoxy groups -OCH3 is 1. The number of carboxylic acid groups (broad SMARTS) is 1. The van der Waals surface area contributed by atoms with E-state index in [4.69, 9.17) is 21.4 Å². The van der Waals surface area contributed by atoms with Gasteiger partial charge in [0.25, 0.3) is 0 Å². The summed E-state index contributed by atoms with van der Waals surface area (Å²) in [6, 6.07) is 2.70. The molecule has 5 nitrogen and oxygen atoms in total. The van der Waals surface area contributed by atoms with Crippen LogP contribution in [0.15, 0.2) is 12.1 Å². The van der Waals surface area contributed by atoms with Crippen molar-refractivity contribution in [2.24, 2.45) is 5.92 Å². The Morgan fingerprint density at radius 3 is 2.68 bits per heavy atom. The van der Waals surface area contributed by atoms with Gasteiger partial charge < -0.3 is 15.2 Å². The number of carbonyl (C=O) groups is 2. The van der Waals surface area contributed by atoms with Gasteiger partial charge in [-0.3, -0.25) is 4.79 Å².